The van der Waals surface area contributed by atoms with Crippen LogP contribution in [0.4, 0.5) is 0 Å². The summed E-state index contributed by atoms with van der Waals surface area (Å²) < 4.78 is 16.2. The van der Waals surface area contributed by atoms with Crippen molar-refractivity contribution in [3.63, 3.8) is 0 Å². The second-order valence-corrected chi connectivity index (χ2v) is 7.64. The Morgan fingerprint density at radius 2 is 1.89 bits per heavy atom. The Kier molecular flexibility index (Phi) is 6.10. The third-order valence-corrected chi connectivity index (χ3v) is 5.51. The van der Waals surface area contributed by atoms with Gasteiger partial charge in [-0.3, -0.25) is 9.80 Å². The summed E-state index contributed by atoms with van der Waals surface area (Å²) in [5.41, 5.74) is 0. The lowest BCUT2D eigenvalue weighted by molar-refractivity contribution is 0.0683. The van der Waals surface area contributed by atoms with Gasteiger partial charge in [-0.15, -0.1) is 11.3 Å². The molecule has 0 amide bonds. The van der Waals surface area contributed by atoms with E-state index in [1.807, 2.05) is 31.4 Å². The Labute approximate surface area is 167 Å². The van der Waals surface area contributed by atoms with Crippen molar-refractivity contribution in [2.45, 2.75) is 33.0 Å². The summed E-state index contributed by atoms with van der Waals surface area (Å²) in [6, 6.07) is 3.96. The van der Waals surface area contributed by atoms with Gasteiger partial charge in [0.25, 0.3) is 5.89 Å². The van der Waals surface area contributed by atoms with Crippen LogP contribution in [0.3, 0.4) is 0 Å². The van der Waals surface area contributed by atoms with E-state index >= 15 is 0 Å². The third kappa shape index (κ3) is 4.64. The van der Waals surface area contributed by atoms with Crippen LogP contribution in [0, 0.1) is 0 Å². The highest BCUT2D eigenvalue weighted by Gasteiger charge is 2.22. The summed E-state index contributed by atoms with van der Waals surface area (Å²) in [6.45, 7) is 9.57. The smallest absolute Gasteiger partial charge is 0.268 e. The van der Waals surface area contributed by atoms with Crippen LogP contribution in [0.5, 0.6) is 0 Å². The Morgan fingerprint density at radius 1 is 1.11 bits per heavy atom. The lowest BCUT2D eigenvalue weighted by Gasteiger charge is -2.33. The van der Waals surface area contributed by atoms with Crippen molar-refractivity contribution < 1.29 is 13.8 Å². The van der Waals surface area contributed by atoms with Crippen molar-refractivity contribution in [1.29, 1.82) is 0 Å². The molecule has 1 fully saturated rings. The van der Waals surface area contributed by atoms with Crippen molar-refractivity contribution in [1.82, 2.24) is 30.1 Å². The first-order valence-corrected chi connectivity index (χ1v) is 10.3. The maximum Gasteiger partial charge on any atom is 0.268 e. The Balaban J connectivity index is 1.25. The van der Waals surface area contributed by atoms with Gasteiger partial charge < -0.3 is 13.8 Å². The summed E-state index contributed by atoms with van der Waals surface area (Å²) in [6.07, 6.45) is -0.145. The zero-order valence-electron chi connectivity index (χ0n) is 16.1. The molecule has 1 atom stereocenters. The second-order valence-electron chi connectivity index (χ2n) is 6.69. The first-order chi connectivity index (χ1) is 13.7. The molecule has 0 saturated carbocycles. The van der Waals surface area contributed by atoms with Crippen LogP contribution in [0.2, 0.25) is 0 Å². The molecule has 0 N–H and O–H groups in total. The number of piperazine rings is 1. The summed E-state index contributed by atoms with van der Waals surface area (Å²) >= 11 is 1.60. The van der Waals surface area contributed by atoms with Gasteiger partial charge in [0.05, 0.1) is 18.0 Å². The van der Waals surface area contributed by atoms with E-state index in [9.17, 15) is 0 Å². The van der Waals surface area contributed by atoms with E-state index in [-0.39, 0.29) is 6.10 Å². The molecule has 3 aromatic rings. The zero-order chi connectivity index (χ0) is 19.3. The van der Waals surface area contributed by atoms with Crippen molar-refractivity contribution in [2.75, 3.05) is 32.8 Å². The van der Waals surface area contributed by atoms with Crippen LogP contribution in [0.1, 0.15) is 37.5 Å². The molecule has 0 unspecified atom stereocenters. The second kappa shape index (κ2) is 8.91. The van der Waals surface area contributed by atoms with Gasteiger partial charge in [0, 0.05) is 32.8 Å². The minimum Gasteiger partial charge on any atom is -0.371 e. The number of thiophene rings is 1. The molecule has 0 aliphatic carbocycles. The molecule has 3 aromatic heterocycles. The first kappa shape index (κ1) is 19.2. The van der Waals surface area contributed by atoms with Gasteiger partial charge in [0.2, 0.25) is 5.89 Å². The largest absolute Gasteiger partial charge is 0.371 e. The summed E-state index contributed by atoms with van der Waals surface area (Å²) in [5.74, 6) is 2.56. The number of rotatable bonds is 8. The van der Waals surface area contributed by atoms with E-state index in [4.69, 9.17) is 13.8 Å². The minimum atomic E-state index is -0.145. The quantitative estimate of drug-likeness (QED) is 0.561. The first-order valence-electron chi connectivity index (χ1n) is 9.46. The van der Waals surface area contributed by atoms with E-state index in [1.54, 1.807) is 11.3 Å². The lowest BCUT2D eigenvalue weighted by atomic mass is 10.3. The Bertz CT molecular complexity index is 856. The molecule has 4 heterocycles. The molecule has 150 valence electrons. The molecular weight excluding hydrogens is 380 g/mol. The van der Waals surface area contributed by atoms with Crippen LogP contribution >= 0.6 is 11.3 Å². The Hall–Kier alpha value is -2.14. The number of ether oxygens (including phenoxy) is 1. The van der Waals surface area contributed by atoms with Crippen LogP contribution in [0.15, 0.2) is 26.6 Å². The molecule has 0 aromatic carbocycles. The van der Waals surface area contributed by atoms with Crippen molar-refractivity contribution in [3.8, 4) is 10.8 Å². The average Bonchev–Trinajstić information content (AvgIpc) is 3.45. The van der Waals surface area contributed by atoms with Gasteiger partial charge in [-0.05, 0) is 25.3 Å². The number of nitrogens with zero attached hydrogens (tertiary/aromatic N) is 6. The molecule has 0 spiro atoms. The van der Waals surface area contributed by atoms with Crippen LogP contribution in [0.25, 0.3) is 10.8 Å². The van der Waals surface area contributed by atoms with E-state index in [0.29, 0.717) is 37.3 Å². The zero-order valence-corrected chi connectivity index (χ0v) is 16.9. The van der Waals surface area contributed by atoms with E-state index in [0.717, 1.165) is 36.9 Å². The van der Waals surface area contributed by atoms with Crippen molar-refractivity contribution in [2.24, 2.45) is 0 Å². The fourth-order valence-corrected chi connectivity index (χ4v) is 3.78. The summed E-state index contributed by atoms with van der Waals surface area (Å²) in [5, 5.41) is 10.1. The minimum absolute atomic E-state index is 0.145. The average molecular weight is 404 g/mol. The highest BCUT2D eigenvalue weighted by Crippen LogP contribution is 2.23. The molecule has 28 heavy (non-hydrogen) atoms. The lowest BCUT2D eigenvalue weighted by Crippen LogP contribution is -2.45. The summed E-state index contributed by atoms with van der Waals surface area (Å²) in [4.78, 5) is 14.6. The van der Waals surface area contributed by atoms with Gasteiger partial charge in [-0.25, -0.2) is 0 Å². The van der Waals surface area contributed by atoms with Gasteiger partial charge >= 0.3 is 0 Å². The van der Waals surface area contributed by atoms with Gasteiger partial charge in [-0.1, -0.05) is 16.4 Å². The van der Waals surface area contributed by atoms with E-state index < -0.39 is 0 Å². The van der Waals surface area contributed by atoms with Crippen LogP contribution < -0.4 is 0 Å². The topological polar surface area (TPSA) is 93.6 Å². The van der Waals surface area contributed by atoms with Crippen LogP contribution in [-0.2, 0) is 17.8 Å². The summed E-state index contributed by atoms with van der Waals surface area (Å²) in [7, 11) is 0. The Morgan fingerprint density at radius 3 is 2.61 bits per heavy atom. The van der Waals surface area contributed by atoms with Crippen molar-refractivity contribution in [3.05, 3.63) is 35.1 Å². The molecule has 1 saturated heterocycles. The molecule has 10 heteroatoms. The van der Waals surface area contributed by atoms with Gasteiger partial charge in [0.15, 0.2) is 11.6 Å². The molecule has 0 radical (unpaired) electrons. The molecule has 4 rings (SSSR count). The van der Waals surface area contributed by atoms with Gasteiger partial charge in [-0.2, -0.15) is 9.97 Å². The molecular formula is C18H24N6O3S. The van der Waals surface area contributed by atoms with E-state index in [2.05, 4.69) is 30.1 Å². The van der Waals surface area contributed by atoms with Crippen molar-refractivity contribution >= 4 is 11.3 Å². The monoisotopic (exact) mass is 404 g/mol. The fraction of sp³-hybridized carbons (Fsp3) is 0.556. The standard InChI is InChI=1S/C18H24N6O3S/c1-3-25-13(2)17-20-16(26-22-17)12-24-8-6-23(7-9-24)11-15-19-18(27-21-15)14-5-4-10-28-14/h4-5,10,13H,3,6-9,11-12H2,1-2H3/t13-/m1/s1. The molecule has 1 aliphatic heterocycles. The molecule has 0 bridgehead atoms. The fourth-order valence-electron chi connectivity index (χ4n) is 3.14. The molecule has 1 aliphatic rings. The number of aromatic nitrogens is 4. The third-order valence-electron chi connectivity index (χ3n) is 4.65. The number of hydrogen-bond acceptors (Lipinski definition) is 10. The van der Waals surface area contributed by atoms with E-state index in [1.165, 1.54) is 0 Å². The highest BCUT2D eigenvalue weighted by molar-refractivity contribution is 7.13. The maximum atomic E-state index is 5.50. The van der Waals surface area contributed by atoms with Crippen LogP contribution in [-0.4, -0.2) is 62.9 Å². The highest BCUT2D eigenvalue weighted by atomic mass is 32.1. The predicted octanol–water partition coefficient (Wildman–Crippen LogP) is 2.60. The number of hydrogen-bond donors (Lipinski definition) is 0. The SMILES string of the molecule is CCO[C@H](C)c1noc(CN2CCN(Cc3noc(-c4cccs4)n3)CC2)n1. The molecule has 9 nitrogen and oxygen atoms in total. The normalized spacial score (nSPS) is 17.2. The maximum absolute atomic E-state index is 5.50. The van der Waals surface area contributed by atoms with Gasteiger partial charge in [0.1, 0.15) is 6.10 Å². The predicted molar refractivity (Wildman–Crippen MR) is 103 cm³/mol.